The van der Waals surface area contributed by atoms with Crippen molar-refractivity contribution >= 4 is 0 Å². The first-order valence-corrected chi connectivity index (χ1v) is 13.7. The van der Waals surface area contributed by atoms with Crippen molar-refractivity contribution in [2.45, 2.75) is 141 Å². The second kappa shape index (κ2) is 25.1. The molecule has 0 aliphatic rings. The molecule has 0 aromatic heterocycles. The lowest BCUT2D eigenvalue weighted by Gasteiger charge is -2.11. The zero-order valence-corrected chi connectivity index (χ0v) is 21.5. The maximum absolute atomic E-state index is 9.23. The van der Waals surface area contributed by atoms with E-state index >= 15 is 0 Å². The van der Waals surface area contributed by atoms with E-state index in [2.05, 4.69) is 18.8 Å². The van der Waals surface area contributed by atoms with Crippen LogP contribution in [0.5, 0.6) is 0 Å². The van der Waals surface area contributed by atoms with Crippen LogP contribution in [0.25, 0.3) is 0 Å². The molecule has 2 nitrogen and oxygen atoms in total. The van der Waals surface area contributed by atoms with E-state index in [-0.39, 0.29) is 0 Å². The summed E-state index contributed by atoms with van der Waals surface area (Å²) in [5.74, 6) is 5.47. The van der Waals surface area contributed by atoms with Crippen molar-refractivity contribution < 1.29 is 10.2 Å². The largest absolute Gasteiger partial charge is 0.377 e. The van der Waals surface area contributed by atoms with Crippen LogP contribution in [-0.4, -0.2) is 22.4 Å². The van der Waals surface area contributed by atoms with Gasteiger partial charge in [0.1, 0.15) is 12.2 Å². The van der Waals surface area contributed by atoms with Crippen molar-refractivity contribution in [3.63, 3.8) is 0 Å². The van der Waals surface area contributed by atoms with Crippen LogP contribution in [-0.2, 0) is 0 Å². The van der Waals surface area contributed by atoms with Gasteiger partial charge in [-0.25, -0.2) is 0 Å². The van der Waals surface area contributed by atoms with Gasteiger partial charge in [0, 0.05) is 0 Å². The van der Waals surface area contributed by atoms with Crippen molar-refractivity contribution in [2.24, 2.45) is 5.92 Å². The molecule has 0 spiro atoms. The molecule has 0 saturated carbocycles. The summed E-state index contributed by atoms with van der Waals surface area (Å²) in [6.45, 7) is 2.43. The van der Waals surface area contributed by atoms with E-state index in [9.17, 15) is 10.2 Å². The standard InChI is InChI=1S/C31H52O2/c1-4-30(32)27-23-19-15-10-8-6-7-9-13-17-21-25-29(3)26-22-18-14-11-12-16-20-24-28-31(33)5-2/h1-2,23-24,27-33H,6-22,25-26H2,3H3/b27-23+,28-24+/t29?,30-,31-/m0/s1. The van der Waals surface area contributed by atoms with Crippen LogP contribution in [0.3, 0.4) is 0 Å². The summed E-state index contributed by atoms with van der Waals surface area (Å²) in [6.07, 6.45) is 41.1. The predicted molar refractivity (Wildman–Crippen MR) is 145 cm³/mol. The van der Waals surface area contributed by atoms with E-state index < -0.39 is 12.2 Å². The van der Waals surface area contributed by atoms with Crippen LogP contribution >= 0.6 is 0 Å². The van der Waals surface area contributed by atoms with Gasteiger partial charge in [-0.15, -0.1) is 12.8 Å². The Morgan fingerprint density at radius 2 is 0.848 bits per heavy atom. The van der Waals surface area contributed by atoms with Gasteiger partial charge in [0.25, 0.3) is 0 Å². The number of terminal acetylenes is 2. The average molecular weight is 457 g/mol. The van der Waals surface area contributed by atoms with Gasteiger partial charge in [0.05, 0.1) is 0 Å². The van der Waals surface area contributed by atoms with Gasteiger partial charge in [-0.2, -0.15) is 0 Å². The van der Waals surface area contributed by atoms with Gasteiger partial charge < -0.3 is 10.2 Å². The smallest absolute Gasteiger partial charge is 0.133 e. The molecule has 0 heterocycles. The van der Waals surface area contributed by atoms with E-state index in [1.54, 1.807) is 12.2 Å². The highest BCUT2D eigenvalue weighted by Crippen LogP contribution is 2.19. The normalized spacial score (nSPS) is 14.3. The lowest BCUT2D eigenvalue weighted by atomic mass is 9.95. The Kier molecular flexibility index (Phi) is 24.0. The minimum Gasteiger partial charge on any atom is -0.377 e. The molecule has 0 fully saturated rings. The summed E-state index contributed by atoms with van der Waals surface area (Å²) in [5.41, 5.74) is 0. The van der Waals surface area contributed by atoms with Crippen molar-refractivity contribution in [1.29, 1.82) is 0 Å². The topological polar surface area (TPSA) is 40.5 Å². The molecule has 0 saturated heterocycles. The second-order valence-electron chi connectivity index (χ2n) is 9.64. The van der Waals surface area contributed by atoms with Gasteiger partial charge in [-0.1, -0.05) is 127 Å². The maximum Gasteiger partial charge on any atom is 0.133 e. The van der Waals surface area contributed by atoms with Crippen LogP contribution in [0.4, 0.5) is 0 Å². The molecule has 3 atom stereocenters. The molecule has 0 rings (SSSR count). The van der Waals surface area contributed by atoms with Crippen LogP contribution in [0, 0.1) is 30.6 Å². The van der Waals surface area contributed by atoms with Gasteiger partial charge in [-0.3, -0.25) is 0 Å². The predicted octanol–water partition coefficient (Wildman–Crippen LogP) is 8.14. The quantitative estimate of drug-likeness (QED) is 0.0925. The van der Waals surface area contributed by atoms with E-state index in [1.807, 2.05) is 12.2 Å². The minimum absolute atomic E-state index is 0.718. The zero-order valence-electron chi connectivity index (χ0n) is 21.5. The van der Waals surface area contributed by atoms with Crippen molar-refractivity contribution in [3.05, 3.63) is 24.3 Å². The van der Waals surface area contributed by atoms with Crippen molar-refractivity contribution in [3.8, 4) is 24.7 Å². The molecule has 0 aliphatic carbocycles. The van der Waals surface area contributed by atoms with Crippen molar-refractivity contribution in [1.82, 2.24) is 0 Å². The molecule has 1 unspecified atom stereocenters. The molecule has 0 aliphatic heterocycles. The number of aliphatic hydroxyl groups excluding tert-OH is 2. The molecular formula is C31H52O2. The molecule has 33 heavy (non-hydrogen) atoms. The van der Waals surface area contributed by atoms with E-state index in [0.717, 1.165) is 18.8 Å². The number of hydrogen-bond acceptors (Lipinski definition) is 2. The van der Waals surface area contributed by atoms with Gasteiger partial charge in [0.2, 0.25) is 0 Å². The second-order valence-corrected chi connectivity index (χ2v) is 9.64. The summed E-state index contributed by atoms with van der Waals surface area (Å²) in [5, 5.41) is 18.5. The summed E-state index contributed by atoms with van der Waals surface area (Å²) in [4.78, 5) is 0. The van der Waals surface area contributed by atoms with E-state index in [0.29, 0.717) is 0 Å². The number of aliphatic hydroxyl groups is 2. The van der Waals surface area contributed by atoms with E-state index in [1.165, 1.54) is 109 Å². The van der Waals surface area contributed by atoms with Gasteiger partial charge in [-0.05, 0) is 43.8 Å². The number of allylic oxidation sites excluding steroid dienone is 2. The monoisotopic (exact) mass is 456 g/mol. The number of unbranched alkanes of at least 4 members (excludes halogenated alkanes) is 15. The molecular weight excluding hydrogens is 404 g/mol. The maximum atomic E-state index is 9.23. The lowest BCUT2D eigenvalue weighted by Crippen LogP contribution is -1.95. The SMILES string of the molecule is C#C[C@H](O)/C=C/CCCCCCCCCCCC(C)CCCCCCCC/C=C/[C@@H](O)C#C. The minimum atomic E-state index is -0.719. The Balaban J connectivity index is 3.27. The molecule has 0 aromatic carbocycles. The Morgan fingerprint density at radius 1 is 0.545 bits per heavy atom. The highest BCUT2D eigenvalue weighted by Gasteiger charge is 2.02. The summed E-state index contributed by atoms with van der Waals surface area (Å²) in [7, 11) is 0. The zero-order chi connectivity index (χ0) is 24.4. The van der Waals surface area contributed by atoms with Crippen LogP contribution < -0.4 is 0 Å². The van der Waals surface area contributed by atoms with Crippen molar-refractivity contribution in [2.75, 3.05) is 0 Å². The molecule has 0 aromatic rings. The molecule has 0 bridgehead atoms. The van der Waals surface area contributed by atoms with E-state index in [4.69, 9.17) is 12.8 Å². The Labute approximate surface area is 206 Å². The number of rotatable bonds is 23. The fraction of sp³-hybridized carbons (Fsp3) is 0.742. The third-order valence-electron chi connectivity index (χ3n) is 6.36. The fourth-order valence-electron chi connectivity index (χ4n) is 4.16. The first-order chi connectivity index (χ1) is 16.1. The van der Waals surface area contributed by atoms with Gasteiger partial charge >= 0.3 is 0 Å². The Hall–Kier alpha value is -1.48. The fourth-order valence-corrected chi connectivity index (χ4v) is 4.16. The van der Waals surface area contributed by atoms with Crippen LogP contribution in [0.2, 0.25) is 0 Å². The molecule has 0 amide bonds. The molecule has 2 heteroatoms. The van der Waals surface area contributed by atoms with Crippen LogP contribution in [0.15, 0.2) is 24.3 Å². The third kappa shape index (κ3) is 25.0. The summed E-state index contributed by atoms with van der Waals surface area (Å²) >= 11 is 0. The Bertz CT molecular complexity index is 548. The number of hydrogen-bond donors (Lipinski definition) is 2. The highest BCUT2D eigenvalue weighted by molar-refractivity contribution is 5.06. The van der Waals surface area contributed by atoms with Gasteiger partial charge in [0.15, 0.2) is 0 Å². The summed E-state index contributed by atoms with van der Waals surface area (Å²) in [6, 6.07) is 0. The third-order valence-corrected chi connectivity index (χ3v) is 6.36. The lowest BCUT2D eigenvalue weighted by molar-refractivity contribution is 0.280. The Morgan fingerprint density at radius 3 is 1.18 bits per heavy atom. The molecule has 0 radical (unpaired) electrons. The first kappa shape index (κ1) is 31.5. The van der Waals surface area contributed by atoms with Crippen LogP contribution in [0.1, 0.15) is 129 Å². The summed E-state index contributed by atoms with van der Waals surface area (Å²) < 4.78 is 0. The molecule has 188 valence electrons. The average Bonchev–Trinajstić information content (AvgIpc) is 2.82. The first-order valence-electron chi connectivity index (χ1n) is 13.7. The molecule has 2 N–H and O–H groups in total. The highest BCUT2D eigenvalue weighted by atomic mass is 16.3.